The second-order valence-electron chi connectivity index (χ2n) is 3.97. The normalized spacial score (nSPS) is 18.1. The largest absolute Gasteiger partial charge is 0.478 e. The Kier molecular flexibility index (Phi) is 3.70. The van der Waals surface area contributed by atoms with E-state index in [9.17, 15) is 19.2 Å². The number of esters is 1. The molecular weight excluding hydrogens is 284 g/mol. The highest BCUT2D eigenvalue weighted by molar-refractivity contribution is 5.99. The average molecular weight is 292 g/mol. The average Bonchev–Trinajstić information content (AvgIpc) is 2.51. The number of benzene rings is 1. The van der Waals surface area contributed by atoms with Crippen LogP contribution in [-0.4, -0.2) is 35.1 Å². The van der Waals surface area contributed by atoms with Crippen molar-refractivity contribution in [3.8, 4) is 0 Å². The van der Waals surface area contributed by atoms with E-state index in [1.807, 2.05) is 0 Å². The van der Waals surface area contributed by atoms with Gasteiger partial charge in [-0.05, 0) is 24.3 Å². The van der Waals surface area contributed by atoms with Gasteiger partial charge in [-0.2, -0.15) is 0 Å². The molecule has 0 amide bonds. The lowest BCUT2D eigenvalue weighted by Gasteiger charge is -2.14. The fourth-order valence-electron chi connectivity index (χ4n) is 1.46. The Labute approximate surface area is 117 Å². The first-order valence-corrected chi connectivity index (χ1v) is 5.56. The van der Waals surface area contributed by atoms with Crippen molar-refractivity contribution in [3.63, 3.8) is 0 Å². The number of fused-ring (bicyclic) bond motifs is 8. The zero-order valence-corrected chi connectivity index (χ0v) is 10.4. The summed E-state index contributed by atoms with van der Waals surface area (Å²) in [5, 5.41) is 8.82. The Morgan fingerprint density at radius 1 is 1.00 bits per heavy atom. The third-order valence-corrected chi connectivity index (χ3v) is 2.59. The Morgan fingerprint density at radius 3 is 2.05 bits per heavy atom. The molecule has 0 spiro atoms. The molecule has 8 heteroatoms. The lowest BCUT2D eigenvalue weighted by Crippen LogP contribution is -2.33. The molecule has 2 heterocycles. The minimum absolute atomic E-state index is 0.0180. The molecule has 0 saturated heterocycles. The maximum atomic E-state index is 11.8. The van der Waals surface area contributed by atoms with Crippen LogP contribution in [0.3, 0.4) is 0 Å². The summed E-state index contributed by atoms with van der Waals surface area (Å²) in [6.45, 7) is 3.12. The molecule has 21 heavy (non-hydrogen) atoms. The number of aliphatic carboxylic acids is 1. The monoisotopic (exact) mass is 292 g/mol. The van der Waals surface area contributed by atoms with Crippen molar-refractivity contribution < 1.29 is 38.8 Å². The van der Waals surface area contributed by atoms with Crippen molar-refractivity contribution in [3.05, 3.63) is 47.5 Å². The lowest BCUT2D eigenvalue weighted by atomic mass is 10.1. The predicted molar refractivity (Wildman–Crippen MR) is 63.9 cm³/mol. The number of rotatable bonds is 2. The summed E-state index contributed by atoms with van der Waals surface area (Å²) >= 11 is 0. The number of hydrogen-bond acceptors (Lipinski definition) is 7. The predicted octanol–water partition coefficient (Wildman–Crippen LogP) is 0.481. The molecule has 0 aromatic heterocycles. The Balaban J connectivity index is 2.39. The first-order valence-electron chi connectivity index (χ1n) is 5.56. The van der Waals surface area contributed by atoms with E-state index in [1.54, 1.807) is 0 Å². The highest BCUT2D eigenvalue weighted by atomic mass is 17.2. The molecule has 1 N–H and O–H groups in total. The summed E-state index contributed by atoms with van der Waals surface area (Å²) in [7, 11) is 0. The number of ether oxygens (including phenoxy) is 1. The molecule has 0 radical (unpaired) electrons. The summed E-state index contributed by atoms with van der Waals surface area (Å²) in [5.74, 6) is -4.91. The fourth-order valence-corrected chi connectivity index (χ4v) is 1.46. The van der Waals surface area contributed by atoms with E-state index in [2.05, 4.69) is 16.4 Å². The van der Waals surface area contributed by atoms with Gasteiger partial charge in [0.25, 0.3) is 0 Å². The van der Waals surface area contributed by atoms with Gasteiger partial charge in [-0.1, -0.05) is 6.58 Å². The first-order chi connectivity index (χ1) is 9.90. The second-order valence-corrected chi connectivity index (χ2v) is 3.97. The van der Waals surface area contributed by atoms with Crippen LogP contribution in [0.25, 0.3) is 0 Å². The third kappa shape index (κ3) is 2.89. The minimum atomic E-state index is -1.93. The van der Waals surface area contributed by atoms with Crippen molar-refractivity contribution in [2.24, 2.45) is 0 Å². The quantitative estimate of drug-likeness (QED) is 0.475. The van der Waals surface area contributed by atoms with Gasteiger partial charge >= 0.3 is 23.9 Å². The van der Waals surface area contributed by atoms with E-state index in [1.165, 1.54) is 24.3 Å². The first kappa shape index (κ1) is 14.3. The standard InChI is InChI=1S/C13H8O8/c1-6(10(14)15)9-13(18)21-20-12(17)8-4-2-7(3-5-8)11(16)19-9/h2-5,9H,1H2,(H,14,15). The van der Waals surface area contributed by atoms with Crippen molar-refractivity contribution in [2.45, 2.75) is 6.10 Å². The minimum Gasteiger partial charge on any atom is -0.478 e. The molecule has 2 bridgehead atoms. The van der Waals surface area contributed by atoms with Crippen LogP contribution in [-0.2, 0) is 24.1 Å². The van der Waals surface area contributed by atoms with Gasteiger partial charge in [0.2, 0.25) is 6.10 Å². The van der Waals surface area contributed by atoms with E-state index in [0.717, 1.165) is 0 Å². The number of carbonyl (C=O) groups excluding carboxylic acids is 3. The van der Waals surface area contributed by atoms with Crippen LogP contribution in [0.2, 0.25) is 0 Å². The van der Waals surface area contributed by atoms with E-state index in [0.29, 0.717) is 0 Å². The molecule has 1 aromatic rings. The molecule has 1 atom stereocenters. The zero-order valence-electron chi connectivity index (χ0n) is 10.4. The third-order valence-electron chi connectivity index (χ3n) is 2.59. The van der Waals surface area contributed by atoms with Crippen LogP contribution >= 0.6 is 0 Å². The van der Waals surface area contributed by atoms with Crippen LogP contribution in [0.4, 0.5) is 0 Å². The maximum Gasteiger partial charge on any atom is 0.400 e. The highest BCUT2D eigenvalue weighted by Gasteiger charge is 2.34. The van der Waals surface area contributed by atoms with Gasteiger partial charge in [0.15, 0.2) is 0 Å². The van der Waals surface area contributed by atoms with Gasteiger partial charge < -0.3 is 9.84 Å². The van der Waals surface area contributed by atoms with Crippen molar-refractivity contribution in [2.75, 3.05) is 0 Å². The van der Waals surface area contributed by atoms with Crippen LogP contribution in [0, 0.1) is 0 Å². The van der Waals surface area contributed by atoms with Gasteiger partial charge in [-0.3, -0.25) is 0 Å². The maximum absolute atomic E-state index is 11.8. The SMILES string of the molecule is C=C(C(=O)O)C1OC(=O)c2ccc(cc2)C(=O)OOC1=O. The number of carboxylic acids is 1. The van der Waals surface area contributed by atoms with Crippen LogP contribution in [0.5, 0.6) is 0 Å². The van der Waals surface area contributed by atoms with Crippen LogP contribution in [0.15, 0.2) is 36.4 Å². The van der Waals surface area contributed by atoms with Gasteiger partial charge in [0.05, 0.1) is 16.7 Å². The Hall–Kier alpha value is -3.16. The summed E-state index contributed by atoms with van der Waals surface area (Å²) < 4.78 is 4.75. The van der Waals surface area contributed by atoms with E-state index < -0.39 is 35.6 Å². The van der Waals surface area contributed by atoms with Crippen LogP contribution < -0.4 is 0 Å². The van der Waals surface area contributed by atoms with Crippen molar-refractivity contribution in [1.29, 1.82) is 0 Å². The number of carbonyl (C=O) groups is 4. The zero-order chi connectivity index (χ0) is 15.6. The molecule has 108 valence electrons. The lowest BCUT2D eigenvalue weighted by molar-refractivity contribution is -0.240. The summed E-state index contributed by atoms with van der Waals surface area (Å²) in [4.78, 5) is 54.3. The smallest absolute Gasteiger partial charge is 0.400 e. The van der Waals surface area contributed by atoms with Gasteiger partial charge in [-0.15, -0.1) is 0 Å². The highest BCUT2D eigenvalue weighted by Crippen LogP contribution is 2.15. The molecule has 8 nitrogen and oxygen atoms in total. The molecule has 0 aliphatic carbocycles. The topological polar surface area (TPSA) is 116 Å². The molecule has 3 rings (SSSR count). The van der Waals surface area contributed by atoms with Crippen LogP contribution in [0.1, 0.15) is 20.7 Å². The summed E-state index contributed by atoms with van der Waals surface area (Å²) in [5.41, 5.74) is -0.682. The molecule has 0 fully saturated rings. The Morgan fingerprint density at radius 2 is 1.52 bits per heavy atom. The number of hydrogen-bond donors (Lipinski definition) is 1. The van der Waals surface area contributed by atoms with E-state index >= 15 is 0 Å². The molecular formula is C13H8O8. The van der Waals surface area contributed by atoms with Crippen molar-refractivity contribution in [1.82, 2.24) is 0 Å². The Bertz CT molecular complexity index is 643. The van der Waals surface area contributed by atoms with Gasteiger partial charge in [0, 0.05) is 0 Å². The molecule has 0 saturated carbocycles. The number of carboxylic acid groups (broad SMARTS) is 1. The molecule has 2 aliphatic rings. The fraction of sp³-hybridized carbons (Fsp3) is 0.0769. The van der Waals surface area contributed by atoms with Gasteiger partial charge in [0.1, 0.15) is 0 Å². The molecule has 2 aliphatic heterocycles. The van der Waals surface area contributed by atoms with Gasteiger partial charge in [-0.25, -0.2) is 29.0 Å². The molecule has 1 aromatic carbocycles. The summed E-state index contributed by atoms with van der Waals surface area (Å²) in [6, 6.07) is 5.04. The van der Waals surface area contributed by atoms with Crippen molar-refractivity contribution >= 4 is 23.9 Å². The van der Waals surface area contributed by atoms with E-state index in [4.69, 9.17) is 9.84 Å². The summed E-state index contributed by atoms with van der Waals surface area (Å²) in [6.07, 6.45) is -1.93. The van der Waals surface area contributed by atoms with E-state index in [-0.39, 0.29) is 11.1 Å². The second kappa shape index (κ2) is 5.45. The molecule has 1 unspecified atom stereocenters.